The number of furan rings is 1. The molecular weight excluding hydrogens is 459 g/mol. The van der Waals surface area contributed by atoms with Gasteiger partial charge in [-0.1, -0.05) is 6.07 Å². The lowest BCUT2D eigenvalue weighted by Gasteiger charge is -2.07. The Morgan fingerprint density at radius 1 is 1.19 bits per heavy atom. The number of halogens is 1. The molecule has 0 fully saturated rings. The molecule has 0 N–H and O–H groups in total. The maximum absolute atomic E-state index is 13.3. The summed E-state index contributed by atoms with van der Waals surface area (Å²) in [6.07, 6.45) is 0. The number of carbonyl (C=O) groups is 1. The summed E-state index contributed by atoms with van der Waals surface area (Å²) in [5, 5.41) is 5.83. The maximum Gasteiger partial charge on any atom is 0.378 e. The highest BCUT2D eigenvalue weighted by molar-refractivity contribution is 7.88. The molecule has 3 aromatic heterocycles. The van der Waals surface area contributed by atoms with Crippen LogP contribution in [0.5, 0.6) is 0 Å². The number of thiophene rings is 1. The molecule has 0 aliphatic carbocycles. The van der Waals surface area contributed by atoms with Gasteiger partial charge in [0.15, 0.2) is 5.82 Å². The molecule has 0 radical (unpaired) electrons. The molecule has 0 aliphatic rings. The van der Waals surface area contributed by atoms with Gasteiger partial charge in [-0.3, -0.25) is 0 Å². The van der Waals surface area contributed by atoms with Crippen molar-refractivity contribution >= 4 is 27.3 Å². The van der Waals surface area contributed by atoms with Crippen molar-refractivity contribution in [3.63, 3.8) is 0 Å². The monoisotopic (exact) mass is 476 g/mol. The third-order valence-corrected chi connectivity index (χ3v) is 6.88. The highest BCUT2D eigenvalue weighted by atomic mass is 32.2. The first-order chi connectivity index (χ1) is 15.3. The van der Waals surface area contributed by atoms with Gasteiger partial charge in [0.05, 0.1) is 10.6 Å². The lowest BCUT2D eigenvalue weighted by Crippen LogP contribution is -2.21. The summed E-state index contributed by atoms with van der Waals surface area (Å²) in [7, 11) is -0.974. The summed E-state index contributed by atoms with van der Waals surface area (Å²) in [5.41, 5.74) is 0.519. The van der Waals surface area contributed by atoms with Gasteiger partial charge in [0.2, 0.25) is 5.09 Å². The van der Waals surface area contributed by atoms with Crippen molar-refractivity contribution in [2.24, 2.45) is 0 Å². The minimum absolute atomic E-state index is 0.148. The predicted molar refractivity (Wildman–Crippen MR) is 113 cm³/mol. The maximum atomic E-state index is 13.3. The fraction of sp³-hybridized carbons (Fsp3) is 0.150. The van der Waals surface area contributed by atoms with Crippen LogP contribution in [0, 0.1) is 5.82 Å². The number of benzene rings is 1. The number of carbonyl (C=O) groups excluding carboxylic acids is 1. The predicted octanol–water partition coefficient (Wildman–Crippen LogP) is 3.34. The zero-order chi connectivity index (χ0) is 22.9. The molecule has 0 bridgehead atoms. The molecule has 4 rings (SSSR count). The van der Waals surface area contributed by atoms with E-state index in [1.807, 2.05) is 17.5 Å². The lowest BCUT2D eigenvalue weighted by molar-refractivity contribution is 0.0426. The van der Waals surface area contributed by atoms with E-state index in [1.54, 1.807) is 0 Å². The van der Waals surface area contributed by atoms with Gasteiger partial charge in [-0.15, -0.1) is 16.4 Å². The average Bonchev–Trinajstić information content (AvgIpc) is 3.52. The third kappa shape index (κ3) is 4.33. The first kappa shape index (κ1) is 21.9. The van der Waals surface area contributed by atoms with E-state index in [2.05, 4.69) is 10.1 Å². The molecule has 0 spiro atoms. The van der Waals surface area contributed by atoms with Crippen LogP contribution >= 0.6 is 11.3 Å². The lowest BCUT2D eigenvalue weighted by atomic mass is 10.3. The molecule has 32 heavy (non-hydrogen) atoms. The van der Waals surface area contributed by atoms with Crippen LogP contribution in [0.25, 0.3) is 16.4 Å². The number of ether oxygens (including phenoxy) is 1. The molecule has 9 nitrogen and oxygen atoms in total. The standard InChI is InChI=1S/C20H17FN4O5S2/c1-24(2)32(27,28)17-10-9-15(30-17)12-29-20(26)18-22-19(16-4-3-11-31-16)25(23-18)14-7-5-13(21)6-8-14/h3-11H,12H2,1-2H3. The van der Waals surface area contributed by atoms with E-state index in [4.69, 9.17) is 9.15 Å². The smallest absolute Gasteiger partial charge is 0.378 e. The van der Waals surface area contributed by atoms with Crippen LogP contribution in [0.2, 0.25) is 0 Å². The largest absolute Gasteiger partial charge is 0.452 e. The van der Waals surface area contributed by atoms with Gasteiger partial charge in [-0.25, -0.2) is 26.6 Å². The average molecular weight is 477 g/mol. The summed E-state index contributed by atoms with van der Waals surface area (Å²) >= 11 is 1.41. The number of esters is 1. The highest BCUT2D eigenvalue weighted by Gasteiger charge is 2.23. The quantitative estimate of drug-likeness (QED) is 0.377. The van der Waals surface area contributed by atoms with Gasteiger partial charge < -0.3 is 9.15 Å². The number of aromatic nitrogens is 3. The molecule has 12 heteroatoms. The van der Waals surface area contributed by atoms with Crippen LogP contribution in [0.1, 0.15) is 16.4 Å². The second-order valence-corrected chi connectivity index (χ2v) is 9.74. The van der Waals surface area contributed by atoms with E-state index in [0.29, 0.717) is 11.5 Å². The van der Waals surface area contributed by atoms with Crippen LogP contribution in [0.3, 0.4) is 0 Å². The Balaban J connectivity index is 1.56. The van der Waals surface area contributed by atoms with Crippen molar-refractivity contribution < 1.29 is 26.8 Å². The van der Waals surface area contributed by atoms with Crippen LogP contribution in [0.15, 0.2) is 63.4 Å². The Hall–Kier alpha value is -3.35. The first-order valence-corrected chi connectivity index (χ1v) is 11.5. The summed E-state index contributed by atoms with van der Waals surface area (Å²) in [5.74, 6) is -0.881. The van der Waals surface area contributed by atoms with Crippen LogP contribution < -0.4 is 0 Å². The zero-order valence-corrected chi connectivity index (χ0v) is 18.6. The van der Waals surface area contributed by atoms with Gasteiger partial charge in [0.1, 0.15) is 18.2 Å². The molecule has 0 aliphatic heterocycles. The number of hydrogen-bond acceptors (Lipinski definition) is 8. The minimum Gasteiger partial charge on any atom is -0.452 e. The SMILES string of the molecule is CN(C)S(=O)(=O)c1ccc(COC(=O)c2nc(-c3cccs3)n(-c3ccc(F)cc3)n2)o1. The van der Waals surface area contributed by atoms with Crippen molar-refractivity contribution in [3.05, 3.63) is 71.3 Å². The fourth-order valence-corrected chi connectivity index (χ4v) is 4.19. The van der Waals surface area contributed by atoms with Gasteiger partial charge in [-0.2, -0.15) is 4.98 Å². The number of nitrogens with zero attached hydrogens (tertiary/aromatic N) is 4. The molecule has 0 saturated carbocycles. The number of sulfonamides is 1. The Bertz CT molecular complexity index is 1340. The van der Waals surface area contributed by atoms with Crippen LogP contribution in [0.4, 0.5) is 4.39 Å². The summed E-state index contributed by atoms with van der Waals surface area (Å²) in [6.45, 7) is -0.304. The van der Waals surface area contributed by atoms with E-state index in [-0.39, 0.29) is 23.3 Å². The van der Waals surface area contributed by atoms with Gasteiger partial charge in [-0.05, 0) is 47.8 Å². The molecule has 0 amide bonds. The molecule has 4 aromatic rings. The van der Waals surface area contributed by atoms with Crippen LogP contribution in [-0.2, 0) is 21.4 Å². The van der Waals surface area contributed by atoms with E-state index in [9.17, 15) is 17.6 Å². The minimum atomic E-state index is -3.74. The molecule has 0 atom stereocenters. The highest BCUT2D eigenvalue weighted by Crippen LogP contribution is 2.26. The van der Waals surface area contributed by atoms with Crippen LogP contribution in [-0.4, -0.2) is 47.6 Å². The van der Waals surface area contributed by atoms with E-state index >= 15 is 0 Å². The van der Waals surface area contributed by atoms with E-state index in [1.165, 1.54) is 66.5 Å². The van der Waals surface area contributed by atoms with Gasteiger partial charge in [0.25, 0.3) is 15.8 Å². The first-order valence-electron chi connectivity index (χ1n) is 9.21. The number of hydrogen-bond donors (Lipinski definition) is 0. The second kappa shape index (κ2) is 8.65. The molecule has 0 unspecified atom stereocenters. The van der Waals surface area contributed by atoms with Crippen molar-refractivity contribution in [1.29, 1.82) is 0 Å². The van der Waals surface area contributed by atoms with E-state index < -0.39 is 21.8 Å². The number of rotatable bonds is 7. The Labute approximate surface area is 186 Å². The summed E-state index contributed by atoms with van der Waals surface area (Å²) in [6, 6.07) is 11.9. The molecule has 1 aromatic carbocycles. The summed E-state index contributed by atoms with van der Waals surface area (Å²) in [4.78, 5) is 17.6. The molecule has 3 heterocycles. The normalized spacial score (nSPS) is 11.8. The van der Waals surface area contributed by atoms with Crippen molar-refractivity contribution in [1.82, 2.24) is 19.1 Å². The third-order valence-electron chi connectivity index (χ3n) is 4.32. The topological polar surface area (TPSA) is 108 Å². The van der Waals surface area contributed by atoms with Gasteiger partial charge >= 0.3 is 5.97 Å². The second-order valence-electron chi connectivity index (χ2n) is 6.71. The Kier molecular flexibility index (Phi) is 5.91. The molecule has 0 saturated heterocycles. The Morgan fingerprint density at radius 3 is 2.59 bits per heavy atom. The fourth-order valence-electron chi connectivity index (χ4n) is 2.68. The molecular formula is C20H17FN4O5S2. The van der Waals surface area contributed by atoms with E-state index in [0.717, 1.165) is 9.18 Å². The van der Waals surface area contributed by atoms with Crippen molar-refractivity contribution in [2.45, 2.75) is 11.7 Å². The van der Waals surface area contributed by atoms with Crippen molar-refractivity contribution in [2.75, 3.05) is 14.1 Å². The summed E-state index contributed by atoms with van der Waals surface area (Å²) < 4.78 is 50.4. The van der Waals surface area contributed by atoms with Gasteiger partial charge in [0, 0.05) is 14.1 Å². The Morgan fingerprint density at radius 2 is 1.94 bits per heavy atom. The molecule has 166 valence electrons. The van der Waals surface area contributed by atoms with Crippen molar-refractivity contribution in [3.8, 4) is 16.4 Å². The zero-order valence-electron chi connectivity index (χ0n) is 16.9.